The monoisotopic (exact) mass is 403 g/mol. The molecule has 2 aromatic carbocycles. The van der Waals surface area contributed by atoms with Gasteiger partial charge in [-0.25, -0.2) is 0 Å². The van der Waals surface area contributed by atoms with E-state index in [2.05, 4.69) is 10.6 Å². The second kappa shape index (κ2) is 10.7. The van der Waals surface area contributed by atoms with E-state index >= 15 is 0 Å². The summed E-state index contributed by atoms with van der Waals surface area (Å²) in [5.74, 6) is -0.484. The van der Waals surface area contributed by atoms with Gasteiger partial charge in [0, 0.05) is 55.8 Å². The second-order valence-electron chi connectivity index (χ2n) is 6.40. The van der Waals surface area contributed by atoms with E-state index in [-0.39, 0.29) is 11.8 Å². The third-order valence-corrected chi connectivity index (χ3v) is 4.26. The Hall–Kier alpha value is -2.57. The zero-order chi connectivity index (χ0) is 20.5. The number of benzene rings is 2. The van der Waals surface area contributed by atoms with Gasteiger partial charge in [-0.1, -0.05) is 17.7 Å². The van der Waals surface area contributed by atoms with E-state index in [1.54, 1.807) is 36.4 Å². The first-order chi connectivity index (χ1) is 13.4. The minimum Gasteiger partial charge on any atom is -0.382 e. The topological polar surface area (TPSA) is 70.7 Å². The number of ether oxygens (including phenoxy) is 1. The first-order valence-electron chi connectivity index (χ1n) is 9.16. The lowest BCUT2D eigenvalue weighted by atomic mass is 10.1. The molecule has 0 atom stereocenters. The fourth-order valence-corrected chi connectivity index (χ4v) is 2.82. The summed E-state index contributed by atoms with van der Waals surface area (Å²) in [4.78, 5) is 26.9. The lowest BCUT2D eigenvalue weighted by Gasteiger charge is -2.18. The van der Waals surface area contributed by atoms with Crippen LogP contribution in [0.4, 0.5) is 11.4 Å². The van der Waals surface area contributed by atoms with Crippen molar-refractivity contribution in [2.75, 3.05) is 44.1 Å². The molecule has 0 saturated carbocycles. The molecule has 0 unspecified atom stereocenters. The molecule has 150 valence electrons. The van der Waals surface area contributed by atoms with Gasteiger partial charge in [-0.15, -0.1) is 0 Å². The Morgan fingerprint density at radius 1 is 1.11 bits per heavy atom. The smallest absolute Gasteiger partial charge is 0.255 e. The SMILES string of the molecule is CCOCCCNC(=O)c1cc(NC(=O)c2cccc(Cl)c2)ccc1N(C)C. The van der Waals surface area contributed by atoms with E-state index in [9.17, 15) is 9.59 Å². The van der Waals surface area contributed by atoms with E-state index in [1.165, 1.54) is 0 Å². The molecule has 0 aliphatic heterocycles. The van der Waals surface area contributed by atoms with Crippen LogP contribution in [0.3, 0.4) is 0 Å². The van der Waals surface area contributed by atoms with E-state index in [0.717, 1.165) is 12.1 Å². The van der Waals surface area contributed by atoms with Gasteiger partial charge < -0.3 is 20.3 Å². The molecular formula is C21H26ClN3O3. The van der Waals surface area contributed by atoms with Crippen molar-refractivity contribution < 1.29 is 14.3 Å². The standard InChI is InChI=1S/C21H26ClN3O3/c1-4-28-12-6-11-23-21(27)18-14-17(9-10-19(18)25(2)3)24-20(26)15-7-5-8-16(22)13-15/h5,7-10,13-14H,4,6,11-12H2,1-3H3,(H,23,27)(H,24,26). The summed E-state index contributed by atoms with van der Waals surface area (Å²) in [6.45, 7) is 3.72. The van der Waals surface area contributed by atoms with Crippen LogP contribution in [0.1, 0.15) is 34.1 Å². The molecule has 0 saturated heterocycles. The molecule has 0 fully saturated rings. The van der Waals surface area contributed by atoms with Crippen LogP contribution in [0.5, 0.6) is 0 Å². The summed E-state index contributed by atoms with van der Waals surface area (Å²) in [6, 6.07) is 12.0. The third kappa shape index (κ3) is 6.25. The Morgan fingerprint density at radius 3 is 2.57 bits per heavy atom. The van der Waals surface area contributed by atoms with Crippen LogP contribution < -0.4 is 15.5 Å². The van der Waals surface area contributed by atoms with Crippen molar-refractivity contribution in [3.63, 3.8) is 0 Å². The van der Waals surface area contributed by atoms with E-state index < -0.39 is 0 Å². The predicted molar refractivity (Wildman–Crippen MR) is 114 cm³/mol. The number of nitrogens with one attached hydrogen (secondary N) is 2. The zero-order valence-corrected chi connectivity index (χ0v) is 17.2. The fraction of sp³-hybridized carbons (Fsp3) is 0.333. The molecule has 2 rings (SSSR count). The molecule has 6 nitrogen and oxygen atoms in total. The molecule has 2 aromatic rings. The number of amides is 2. The highest BCUT2D eigenvalue weighted by Gasteiger charge is 2.15. The number of nitrogens with zero attached hydrogens (tertiary/aromatic N) is 1. The average molecular weight is 404 g/mol. The summed E-state index contributed by atoms with van der Waals surface area (Å²) < 4.78 is 5.28. The number of hydrogen-bond donors (Lipinski definition) is 2. The summed E-state index contributed by atoms with van der Waals surface area (Å²) in [6.07, 6.45) is 0.738. The van der Waals surface area contributed by atoms with Gasteiger partial charge in [0.25, 0.3) is 11.8 Å². The van der Waals surface area contributed by atoms with E-state index in [4.69, 9.17) is 16.3 Å². The number of carbonyl (C=O) groups is 2. The maximum Gasteiger partial charge on any atom is 0.255 e. The lowest BCUT2D eigenvalue weighted by Crippen LogP contribution is -2.27. The van der Waals surface area contributed by atoms with Gasteiger partial charge in [0.15, 0.2) is 0 Å². The van der Waals surface area contributed by atoms with Crippen LogP contribution >= 0.6 is 11.6 Å². The van der Waals surface area contributed by atoms with E-state index in [0.29, 0.717) is 41.6 Å². The molecule has 0 radical (unpaired) electrons. The quantitative estimate of drug-likeness (QED) is 0.624. The highest BCUT2D eigenvalue weighted by atomic mass is 35.5. The average Bonchev–Trinajstić information content (AvgIpc) is 2.67. The Balaban J connectivity index is 2.13. The lowest BCUT2D eigenvalue weighted by molar-refractivity contribution is 0.0943. The Kier molecular flexibility index (Phi) is 8.29. The summed E-state index contributed by atoms with van der Waals surface area (Å²) in [7, 11) is 3.73. The van der Waals surface area contributed by atoms with Gasteiger partial charge in [-0.3, -0.25) is 9.59 Å². The van der Waals surface area contributed by atoms with Gasteiger partial charge in [-0.05, 0) is 49.7 Å². The van der Waals surface area contributed by atoms with Crippen LogP contribution in [0, 0.1) is 0 Å². The highest BCUT2D eigenvalue weighted by molar-refractivity contribution is 6.31. The number of hydrogen-bond acceptors (Lipinski definition) is 4. The molecule has 0 spiro atoms. The number of carbonyl (C=O) groups excluding carboxylic acids is 2. The summed E-state index contributed by atoms with van der Waals surface area (Å²) >= 11 is 5.95. The van der Waals surface area contributed by atoms with Crippen LogP contribution in [0.15, 0.2) is 42.5 Å². The third-order valence-electron chi connectivity index (χ3n) is 4.02. The largest absolute Gasteiger partial charge is 0.382 e. The Labute approximate surface area is 170 Å². The Bertz CT molecular complexity index is 824. The molecule has 28 heavy (non-hydrogen) atoms. The van der Waals surface area contributed by atoms with Crippen molar-refractivity contribution in [1.29, 1.82) is 0 Å². The fourth-order valence-electron chi connectivity index (χ4n) is 2.63. The van der Waals surface area contributed by atoms with Gasteiger partial charge in [-0.2, -0.15) is 0 Å². The minimum absolute atomic E-state index is 0.195. The zero-order valence-electron chi connectivity index (χ0n) is 16.4. The van der Waals surface area contributed by atoms with Crippen LogP contribution in [-0.2, 0) is 4.74 Å². The Morgan fingerprint density at radius 2 is 1.89 bits per heavy atom. The minimum atomic E-state index is -0.289. The molecule has 2 N–H and O–H groups in total. The van der Waals surface area contributed by atoms with E-state index in [1.807, 2.05) is 32.0 Å². The van der Waals surface area contributed by atoms with Crippen molar-refractivity contribution in [3.05, 3.63) is 58.6 Å². The van der Waals surface area contributed by atoms with Crippen molar-refractivity contribution in [2.45, 2.75) is 13.3 Å². The maximum atomic E-state index is 12.6. The van der Waals surface area contributed by atoms with Gasteiger partial charge >= 0.3 is 0 Å². The normalized spacial score (nSPS) is 10.4. The second-order valence-corrected chi connectivity index (χ2v) is 6.83. The van der Waals surface area contributed by atoms with Crippen LogP contribution in [0.2, 0.25) is 5.02 Å². The van der Waals surface area contributed by atoms with Gasteiger partial charge in [0.2, 0.25) is 0 Å². The number of anilines is 2. The van der Waals surface area contributed by atoms with Crippen LogP contribution in [0.25, 0.3) is 0 Å². The van der Waals surface area contributed by atoms with Crippen molar-refractivity contribution in [2.24, 2.45) is 0 Å². The molecule has 0 aliphatic carbocycles. The highest BCUT2D eigenvalue weighted by Crippen LogP contribution is 2.23. The van der Waals surface area contributed by atoms with Crippen molar-refractivity contribution in [1.82, 2.24) is 5.32 Å². The molecule has 7 heteroatoms. The molecule has 2 amide bonds. The van der Waals surface area contributed by atoms with Crippen LogP contribution in [-0.4, -0.2) is 45.7 Å². The first-order valence-corrected chi connectivity index (χ1v) is 9.54. The summed E-state index contributed by atoms with van der Waals surface area (Å²) in [5, 5.41) is 6.20. The summed E-state index contributed by atoms with van der Waals surface area (Å²) in [5.41, 5.74) is 2.24. The van der Waals surface area contributed by atoms with Gasteiger partial charge in [0.05, 0.1) is 5.56 Å². The predicted octanol–water partition coefficient (Wildman–Crippen LogP) is 3.81. The maximum absolute atomic E-state index is 12.6. The van der Waals surface area contributed by atoms with Gasteiger partial charge in [0.1, 0.15) is 0 Å². The van der Waals surface area contributed by atoms with Crippen molar-refractivity contribution in [3.8, 4) is 0 Å². The molecular weight excluding hydrogens is 378 g/mol. The molecule has 0 heterocycles. The van der Waals surface area contributed by atoms with Crippen molar-refractivity contribution >= 4 is 34.8 Å². The number of rotatable bonds is 9. The number of halogens is 1. The molecule has 0 aromatic heterocycles. The first kappa shape index (κ1) is 21.7. The molecule has 0 aliphatic rings. The molecule has 0 bridgehead atoms.